The Morgan fingerprint density at radius 2 is 2.12 bits per heavy atom. The number of carbonyl (C=O) groups excluding carboxylic acids is 1. The van der Waals surface area contributed by atoms with Crippen LogP contribution < -0.4 is 10.6 Å². The third-order valence-corrected chi connectivity index (χ3v) is 4.63. The van der Waals surface area contributed by atoms with E-state index in [1.807, 2.05) is 0 Å². The van der Waals surface area contributed by atoms with Gasteiger partial charge in [-0.15, -0.1) is 5.10 Å². The van der Waals surface area contributed by atoms with E-state index in [0.29, 0.717) is 25.6 Å². The average Bonchev–Trinajstić information content (AvgIpc) is 3.36. The summed E-state index contributed by atoms with van der Waals surface area (Å²) in [5, 5.41) is 13.2. The van der Waals surface area contributed by atoms with Crippen molar-refractivity contribution in [1.82, 2.24) is 34.8 Å². The molecule has 3 aromatic rings. The Kier molecular flexibility index (Phi) is 5.88. The van der Waals surface area contributed by atoms with Crippen molar-refractivity contribution < 1.29 is 27.1 Å². The third kappa shape index (κ3) is 4.75. The molecular weight excluding hydrogens is 436 g/mol. The summed E-state index contributed by atoms with van der Waals surface area (Å²) >= 11 is 0. The zero-order chi connectivity index (χ0) is 22.9. The number of pyridine rings is 1. The number of nitrogens with zero attached hydrogens (tertiary/aromatic N) is 6. The number of aromatic nitrogens is 6. The highest BCUT2D eigenvalue weighted by Gasteiger charge is 2.34. The molecule has 0 spiro atoms. The second-order valence-corrected chi connectivity index (χ2v) is 7.03. The van der Waals surface area contributed by atoms with E-state index in [9.17, 15) is 22.4 Å². The van der Waals surface area contributed by atoms with Crippen LogP contribution in [0, 0.1) is 12.7 Å². The van der Waals surface area contributed by atoms with Crippen molar-refractivity contribution in [3.63, 3.8) is 0 Å². The van der Waals surface area contributed by atoms with E-state index in [2.05, 4.69) is 30.8 Å². The Balaban J connectivity index is 1.43. The Labute approximate surface area is 178 Å². The maximum atomic E-state index is 14.6. The second kappa shape index (κ2) is 8.63. The maximum Gasteiger partial charge on any atom is 0.435 e. The summed E-state index contributed by atoms with van der Waals surface area (Å²) in [4.78, 5) is 20.3. The number of alkyl halides is 3. The Bertz CT molecular complexity index is 1120. The highest BCUT2D eigenvalue weighted by atomic mass is 19.4. The van der Waals surface area contributed by atoms with Crippen LogP contribution in [-0.4, -0.2) is 55.2 Å². The molecule has 10 nitrogen and oxygen atoms in total. The molecule has 14 heteroatoms. The number of hydrogen-bond acceptors (Lipinski definition) is 7. The van der Waals surface area contributed by atoms with Crippen molar-refractivity contribution >= 4 is 11.6 Å². The third-order valence-electron chi connectivity index (χ3n) is 4.63. The summed E-state index contributed by atoms with van der Waals surface area (Å²) in [5.74, 6) is -1.17. The van der Waals surface area contributed by atoms with Gasteiger partial charge in [-0.2, -0.15) is 23.0 Å². The molecule has 1 aliphatic heterocycles. The molecular formula is C18H18F4N8O2. The molecule has 1 aliphatic rings. The van der Waals surface area contributed by atoms with Crippen LogP contribution in [0.5, 0.6) is 0 Å². The first-order chi connectivity index (χ1) is 15.2. The molecule has 0 aromatic carbocycles. The van der Waals surface area contributed by atoms with Crippen molar-refractivity contribution in [3.05, 3.63) is 47.7 Å². The van der Waals surface area contributed by atoms with Gasteiger partial charge in [0.25, 0.3) is 0 Å². The van der Waals surface area contributed by atoms with Gasteiger partial charge in [-0.1, -0.05) is 0 Å². The molecule has 4 rings (SSSR count). The van der Waals surface area contributed by atoms with E-state index in [4.69, 9.17) is 4.74 Å². The second-order valence-electron chi connectivity index (χ2n) is 7.03. The molecule has 0 aliphatic carbocycles. The molecule has 1 atom stereocenters. The fourth-order valence-electron chi connectivity index (χ4n) is 3.08. The minimum atomic E-state index is -4.61. The molecule has 1 unspecified atom stereocenters. The number of carbonyl (C=O) groups is 1. The van der Waals surface area contributed by atoms with Crippen LogP contribution in [0.4, 0.5) is 23.2 Å². The quantitative estimate of drug-likeness (QED) is 0.564. The van der Waals surface area contributed by atoms with E-state index < -0.39 is 30.1 Å². The topological polar surface area (TPSA) is 112 Å². The van der Waals surface area contributed by atoms with Gasteiger partial charge in [0.2, 0.25) is 5.91 Å². The zero-order valence-electron chi connectivity index (χ0n) is 16.7. The van der Waals surface area contributed by atoms with Gasteiger partial charge in [0.1, 0.15) is 12.9 Å². The fraction of sp³-hybridized carbons (Fsp3) is 0.389. The summed E-state index contributed by atoms with van der Waals surface area (Å²) < 4.78 is 60.3. The van der Waals surface area contributed by atoms with Gasteiger partial charge in [-0.25, -0.2) is 14.4 Å². The van der Waals surface area contributed by atoms with Crippen molar-refractivity contribution in [3.8, 4) is 5.82 Å². The number of aryl methyl sites for hydroxylation is 1. The van der Waals surface area contributed by atoms with Gasteiger partial charge in [0, 0.05) is 18.3 Å². The molecule has 3 aromatic heterocycles. The van der Waals surface area contributed by atoms with E-state index in [1.165, 1.54) is 24.1 Å². The van der Waals surface area contributed by atoms with Gasteiger partial charge in [0.15, 0.2) is 23.2 Å². The van der Waals surface area contributed by atoms with Crippen molar-refractivity contribution in [1.29, 1.82) is 0 Å². The summed E-state index contributed by atoms with van der Waals surface area (Å²) in [6.07, 6.45) is -2.10. The minimum Gasteiger partial charge on any atom is -0.378 e. The highest BCUT2D eigenvalue weighted by Crippen LogP contribution is 2.28. The molecule has 0 radical (unpaired) electrons. The lowest BCUT2D eigenvalue weighted by molar-refractivity contribution is -0.141. The van der Waals surface area contributed by atoms with Crippen LogP contribution in [0.3, 0.4) is 0 Å². The molecule has 4 heterocycles. The number of ether oxygens (including phenoxy) is 1. The van der Waals surface area contributed by atoms with Crippen LogP contribution in [0.25, 0.3) is 5.82 Å². The van der Waals surface area contributed by atoms with Crippen LogP contribution in [0.1, 0.15) is 23.3 Å². The lowest BCUT2D eigenvalue weighted by Gasteiger charge is -2.20. The van der Waals surface area contributed by atoms with E-state index in [0.717, 1.165) is 16.8 Å². The van der Waals surface area contributed by atoms with Gasteiger partial charge in [-0.05, 0) is 13.0 Å². The monoisotopic (exact) mass is 454 g/mol. The normalized spacial score (nSPS) is 16.8. The van der Waals surface area contributed by atoms with Crippen LogP contribution in [-0.2, 0) is 22.3 Å². The number of anilines is 1. The molecule has 170 valence electrons. The van der Waals surface area contributed by atoms with Crippen LogP contribution in [0.15, 0.2) is 24.7 Å². The molecule has 1 amide bonds. The summed E-state index contributed by atoms with van der Waals surface area (Å²) in [5.41, 5.74) is -0.909. The SMILES string of the molecule is Cc1cc(C(F)(F)F)nn1CC(=O)Nc1cnc(-n2cnc(C3COCCN3)n2)c(F)c1. The lowest BCUT2D eigenvalue weighted by Crippen LogP contribution is -2.35. The summed E-state index contributed by atoms with van der Waals surface area (Å²) in [6, 6.07) is 1.65. The largest absolute Gasteiger partial charge is 0.435 e. The molecule has 1 saturated heterocycles. The van der Waals surface area contributed by atoms with Crippen LogP contribution >= 0.6 is 0 Å². The molecule has 2 N–H and O–H groups in total. The number of hydrogen-bond donors (Lipinski definition) is 2. The summed E-state index contributed by atoms with van der Waals surface area (Å²) in [6.45, 7) is 2.55. The van der Waals surface area contributed by atoms with Crippen molar-refractivity contribution in [2.45, 2.75) is 25.7 Å². The Morgan fingerprint density at radius 1 is 1.31 bits per heavy atom. The predicted octanol–water partition coefficient (Wildman–Crippen LogP) is 1.62. The zero-order valence-corrected chi connectivity index (χ0v) is 16.7. The first kappa shape index (κ1) is 21.8. The van der Waals surface area contributed by atoms with Gasteiger partial charge in [-0.3, -0.25) is 9.48 Å². The standard InChI is InChI=1S/C18H18F4N8O2/c1-10-4-14(18(20,21)22)27-29(10)7-15(31)26-11-5-12(19)17(24-6-11)30-9-25-16(28-30)13-8-32-3-2-23-13/h4-6,9,13,23H,2-3,7-8H2,1H3,(H,26,31). The highest BCUT2D eigenvalue weighted by molar-refractivity contribution is 5.90. The number of nitrogens with one attached hydrogen (secondary N) is 2. The Hall–Kier alpha value is -3.39. The smallest absolute Gasteiger partial charge is 0.378 e. The van der Waals surface area contributed by atoms with E-state index in [1.54, 1.807) is 0 Å². The van der Waals surface area contributed by atoms with Crippen LogP contribution in [0.2, 0.25) is 0 Å². The number of halogens is 4. The van der Waals surface area contributed by atoms with Gasteiger partial charge >= 0.3 is 6.18 Å². The molecule has 0 bridgehead atoms. The van der Waals surface area contributed by atoms with Crippen molar-refractivity contribution in [2.24, 2.45) is 0 Å². The molecule has 1 fully saturated rings. The number of morpholine rings is 1. The minimum absolute atomic E-state index is 0.0276. The number of amides is 1. The first-order valence-electron chi connectivity index (χ1n) is 9.51. The fourth-order valence-corrected chi connectivity index (χ4v) is 3.08. The summed E-state index contributed by atoms with van der Waals surface area (Å²) in [7, 11) is 0. The predicted molar refractivity (Wildman–Crippen MR) is 101 cm³/mol. The van der Waals surface area contributed by atoms with Gasteiger partial charge in [0.05, 0.1) is 31.1 Å². The average molecular weight is 454 g/mol. The van der Waals surface area contributed by atoms with E-state index in [-0.39, 0.29) is 23.2 Å². The van der Waals surface area contributed by atoms with Crippen molar-refractivity contribution in [2.75, 3.05) is 25.1 Å². The Morgan fingerprint density at radius 3 is 2.78 bits per heavy atom. The molecule has 32 heavy (non-hydrogen) atoms. The number of rotatable bonds is 5. The maximum absolute atomic E-state index is 14.6. The first-order valence-corrected chi connectivity index (χ1v) is 9.51. The van der Waals surface area contributed by atoms with Gasteiger partial charge < -0.3 is 15.4 Å². The molecule has 0 saturated carbocycles. The lowest BCUT2D eigenvalue weighted by atomic mass is 10.3. The van der Waals surface area contributed by atoms with E-state index >= 15 is 0 Å².